The van der Waals surface area contributed by atoms with Crippen LogP contribution < -0.4 is 10.0 Å². The second-order valence-electron chi connectivity index (χ2n) is 4.95. The maximum absolute atomic E-state index is 12.0. The molecule has 1 atom stereocenters. The first-order valence-corrected chi connectivity index (χ1v) is 7.99. The van der Waals surface area contributed by atoms with Gasteiger partial charge >= 0.3 is 0 Å². The molecule has 0 bridgehead atoms. The summed E-state index contributed by atoms with van der Waals surface area (Å²) >= 11 is 0. The summed E-state index contributed by atoms with van der Waals surface area (Å²) in [5.74, 6) is 0. The molecular weight excluding hydrogens is 262 g/mol. The second kappa shape index (κ2) is 5.90. The predicted molar refractivity (Wildman–Crippen MR) is 76.8 cm³/mol. The minimum Gasteiger partial charge on any atom is -0.380 e. The minimum atomic E-state index is -3.42. The van der Waals surface area contributed by atoms with Crippen molar-refractivity contribution in [2.24, 2.45) is 0 Å². The highest BCUT2D eigenvalue weighted by Crippen LogP contribution is 2.23. The number of sulfonamides is 1. The van der Waals surface area contributed by atoms with Gasteiger partial charge < -0.3 is 10.2 Å². The zero-order chi connectivity index (χ0) is 13.9. The first-order valence-electron chi connectivity index (χ1n) is 6.50. The van der Waals surface area contributed by atoms with E-state index in [0.717, 1.165) is 25.9 Å². The van der Waals surface area contributed by atoms with Crippen molar-refractivity contribution in [1.82, 2.24) is 9.62 Å². The quantitative estimate of drug-likeness (QED) is 0.869. The Hall–Kier alpha value is -1.11. The van der Waals surface area contributed by atoms with E-state index in [1.165, 1.54) is 7.05 Å². The lowest BCUT2D eigenvalue weighted by molar-refractivity contribution is 0.261. The van der Waals surface area contributed by atoms with E-state index in [0.29, 0.717) is 16.6 Å². The highest BCUT2D eigenvalue weighted by molar-refractivity contribution is 7.89. The largest absolute Gasteiger partial charge is 0.380 e. The molecule has 1 aliphatic rings. The van der Waals surface area contributed by atoms with Crippen molar-refractivity contribution >= 4 is 15.7 Å². The molecule has 19 heavy (non-hydrogen) atoms. The Morgan fingerprint density at radius 2 is 2.05 bits per heavy atom. The maximum atomic E-state index is 12.0. The van der Waals surface area contributed by atoms with Gasteiger partial charge in [-0.3, -0.25) is 0 Å². The van der Waals surface area contributed by atoms with Crippen molar-refractivity contribution < 1.29 is 8.42 Å². The molecule has 2 rings (SSSR count). The molecule has 1 aliphatic heterocycles. The molecule has 1 heterocycles. The summed E-state index contributed by atoms with van der Waals surface area (Å²) in [6.07, 6.45) is 2.20. The molecule has 1 aromatic rings. The Balaban J connectivity index is 2.21. The van der Waals surface area contributed by atoms with Gasteiger partial charge in [0.15, 0.2) is 0 Å². The number of para-hydroxylation sites is 1. The molecule has 0 saturated carbocycles. The van der Waals surface area contributed by atoms with Crippen LogP contribution in [0.3, 0.4) is 0 Å². The Morgan fingerprint density at radius 1 is 1.32 bits per heavy atom. The molecule has 1 saturated heterocycles. The lowest BCUT2D eigenvalue weighted by Crippen LogP contribution is -2.40. The van der Waals surface area contributed by atoms with Crippen molar-refractivity contribution in [3.8, 4) is 0 Å². The number of anilines is 1. The summed E-state index contributed by atoms with van der Waals surface area (Å²) in [4.78, 5) is 2.57. The van der Waals surface area contributed by atoms with Crippen molar-refractivity contribution in [3.63, 3.8) is 0 Å². The minimum absolute atomic E-state index is 0.298. The van der Waals surface area contributed by atoms with Crippen LogP contribution in [0, 0.1) is 0 Å². The summed E-state index contributed by atoms with van der Waals surface area (Å²) in [6, 6.07) is 7.33. The molecule has 1 fully saturated rings. The summed E-state index contributed by atoms with van der Waals surface area (Å²) in [5, 5.41) is 3.36. The van der Waals surface area contributed by atoms with Crippen molar-refractivity contribution in [2.45, 2.75) is 23.8 Å². The fourth-order valence-electron chi connectivity index (χ4n) is 2.43. The van der Waals surface area contributed by atoms with Crippen LogP contribution in [0.15, 0.2) is 29.2 Å². The van der Waals surface area contributed by atoms with Crippen molar-refractivity contribution in [1.29, 1.82) is 0 Å². The molecule has 5 nitrogen and oxygen atoms in total. The van der Waals surface area contributed by atoms with Gasteiger partial charge in [-0.25, -0.2) is 13.1 Å². The van der Waals surface area contributed by atoms with E-state index in [1.807, 2.05) is 12.1 Å². The standard InChI is InChI=1S/C13H21N3O2S/c1-14-19(17,18)13-8-4-3-7-12(13)15-11-6-5-9-16(2)10-11/h3-4,7-8,11,14-15H,5-6,9-10H2,1-2H3. The normalized spacial score (nSPS) is 21.3. The van der Waals surface area contributed by atoms with Crippen molar-refractivity contribution in [3.05, 3.63) is 24.3 Å². The van der Waals surface area contributed by atoms with E-state index in [2.05, 4.69) is 22.0 Å². The molecular formula is C13H21N3O2S. The molecule has 6 heteroatoms. The molecule has 0 amide bonds. The second-order valence-corrected chi connectivity index (χ2v) is 6.80. The Labute approximate surface area is 115 Å². The third-order valence-corrected chi connectivity index (χ3v) is 4.90. The van der Waals surface area contributed by atoms with Crippen LogP contribution in [0.1, 0.15) is 12.8 Å². The van der Waals surface area contributed by atoms with E-state index in [-0.39, 0.29) is 0 Å². The molecule has 0 aliphatic carbocycles. The van der Waals surface area contributed by atoms with Gasteiger partial charge in [-0.05, 0) is 45.6 Å². The Bertz CT molecular complexity index is 530. The van der Waals surface area contributed by atoms with Gasteiger partial charge in [0, 0.05) is 12.6 Å². The SMILES string of the molecule is CNS(=O)(=O)c1ccccc1NC1CCCN(C)C1. The van der Waals surface area contributed by atoms with Gasteiger partial charge in [0.2, 0.25) is 10.0 Å². The number of nitrogens with zero attached hydrogens (tertiary/aromatic N) is 1. The van der Waals surface area contributed by atoms with E-state index in [4.69, 9.17) is 0 Å². The average Bonchev–Trinajstić information content (AvgIpc) is 2.39. The third-order valence-electron chi connectivity index (χ3n) is 3.43. The number of rotatable bonds is 4. The number of likely N-dealkylation sites (N-methyl/N-ethyl adjacent to an activating group) is 1. The molecule has 0 radical (unpaired) electrons. The van der Waals surface area contributed by atoms with Gasteiger partial charge in [0.05, 0.1) is 5.69 Å². The zero-order valence-corrected chi connectivity index (χ0v) is 12.2. The highest BCUT2D eigenvalue weighted by atomic mass is 32.2. The van der Waals surface area contributed by atoms with Gasteiger partial charge in [-0.1, -0.05) is 12.1 Å². The fraction of sp³-hybridized carbons (Fsp3) is 0.538. The number of likely N-dealkylation sites (tertiary alicyclic amines) is 1. The van der Waals surface area contributed by atoms with E-state index >= 15 is 0 Å². The van der Waals surface area contributed by atoms with Crippen molar-refractivity contribution in [2.75, 3.05) is 32.5 Å². The summed E-state index contributed by atoms with van der Waals surface area (Å²) in [7, 11) is 0.0992. The maximum Gasteiger partial charge on any atom is 0.242 e. The Morgan fingerprint density at radius 3 is 2.74 bits per heavy atom. The molecule has 106 valence electrons. The number of hydrogen-bond acceptors (Lipinski definition) is 4. The third kappa shape index (κ3) is 3.46. The topological polar surface area (TPSA) is 61.4 Å². The van der Waals surface area contributed by atoms with Crippen LogP contribution in [0.2, 0.25) is 0 Å². The number of hydrogen-bond donors (Lipinski definition) is 2. The summed E-state index contributed by atoms with van der Waals surface area (Å²) < 4.78 is 26.3. The van der Waals surface area contributed by atoms with Crippen LogP contribution in [0.5, 0.6) is 0 Å². The fourth-order valence-corrected chi connectivity index (χ4v) is 3.33. The smallest absolute Gasteiger partial charge is 0.242 e. The number of piperidine rings is 1. The van der Waals surface area contributed by atoms with Crippen LogP contribution in [0.4, 0.5) is 5.69 Å². The number of nitrogens with one attached hydrogen (secondary N) is 2. The Kier molecular flexibility index (Phi) is 4.44. The van der Waals surface area contributed by atoms with Gasteiger partial charge in [0.25, 0.3) is 0 Å². The number of benzene rings is 1. The molecule has 1 aromatic carbocycles. The lowest BCUT2D eigenvalue weighted by atomic mass is 10.1. The van der Waals surface area contributed by atoms with E-state index < -0.39 is 10.0 Å². The summed E-state index contributed by atoms with van der Waals surface area (Å²) in [6.45, 7) is 2.04. The van der Waals surface area contributed by atoms with Gasteiger partial charge in [0.1, 0.15) is 4.90 Å². The first kappa shape index (κ1) is 14.3. The summed E-state index contributed by atoms with van der Waals surface area (Å²) in [5.41, 5.74) is 0.678. The van der Waals surface area contributed by atoms with E-state index in [1.54, 1.807) is 12.1 Å². The first-order chi connectivity index (χ1) is 9.03. The monoisotopic (exact) mass is 283 g/mol. The zero-order valence-electron chi connectivity index (χ0n) is 11.4. The van der Waals surface area contributed by atoms with Gasteiger partial charge in [-0.15, -0.1) is 0 Å². The molecule has 0 aromatic heterocycles. The molecule has 0 spiro atoms. The van der Waals surface area contributed by atoms with Crippen LogP contribution in [0.25, 0.3) is 0 Å². The average molecular weight is 283 g/mol. The molecule has 2 N–H and O–H groups in total. The van der Waals surface area contributed by atoms with E-state index in [9.17, 15) is 8.42 Å². The molecule has 1 unspecified atom stereocenters. The lowest BCUT2D eigenvalue weighted by Gasteiger charge is -2.31. The highest BCUT2D eigenvalue weighted by Gasteiger charge is 2.21. The van der Waals surface area contributed by atoms with Gasteiger partial charge in [-0.2, -0.15) is 0 Å². The predicted octanol–water partition coefficient (Wildman–Crippen LogP) is 1.10. The van der Waals surface area contributed by atoms with Crippen LogP contribution in [-0.4, -0.2) is 46.5 Å². The van der Waals surface area contributed by atoms with Crippen LogP contribution in [-0.2, 0) is 10.0 Å². The van der Waals surface area contributed by atoms with Crippen LogP contribution >= 0.6 is 0 Å².